The zero-order chi connectivity index (χ0) is 22.3. The van der Waals surface area contributed by atoms with Gasteiger partial charge in [-0.1, -0.05) is 30.3 Å². The smallest absolute Gasteiger partial charge is 0.304 e. The van der Waals surface area contributed by atoms with E-state index in [0.717, 1.165) is 28.9 Å². The maximum atomic E-state index is 10.9. The number of aliphatic carboxylic acids is 1. The van der Waals surface area contributed by atoms with Crippen LogP contribution in [-0.2, 0) is 4.79 Å². The third-order valence-corrected chi connectivity index (χ3v) is 5.31. The van der Waals surface area contributed by atoms with Gasteiger partial charge in [0.25, 0.3) is 0 Å². The first-order chi connectivity index (χ1) is 15.6. The lowest BCUT2D eigenvalue weighted by atomic mass is 9.98. The SMILES string of the molecule is N#Cc1ccc(-c2ccc(OCCCOc3ccc4c(c3)OCC4CC(=O)O)cc2)cc1. The fourth-order valence-electron chi connectivity index (χ4n) is 3.65. The lowest BCUT2D eigenvalue weighted by Crippen LogP contribution is -2.07. The first kappa shape index (κ1) is 21.3. The summed E-state index contributed by atoms with van der Waals surface area (Å²) < 4.78 is 17.2. The Bertz CT molecular complexity index is 1120. The van der Waals surface area contributed by atoms with Crippen molar-refractivity contribution >= 4 is 5.97 Å². The molecule has 1 unspecified atom stereocenters. The molecule has 1 atom stereocenters. The van der Waals surface area contributed by atoms with Gasteiger partial charge < -0.3 is 19.3 Å². The van der Waals surface area contributed by atoms with Gasteiger partial charge in [0, 0.05) is 24.0 Å². The Labute approximate surface area is 186 Å². The zero-order valence-corrected chi connectivity index (χ0v) is 17.5. The van der Waals surface area contributed by atoms with Gasteiger partial charge in [0.2, 0.25) is 0 Å². The van der Waals surface area contributed by atoms with Crippen molar-refractivity contribution in [2.75, 3.05) is 19.8 Å². The van der Waals surface area contributed by atoms with Gasteiger partial charge in [0.05, 0.1) is 37.9 Å². The second kappa shape index (κ2) is 9.88. The Balaban J connectivity index is 1.21. The number of benzene rings is 3. The molecule has 1 N–H and O–H groups in total. The molecule has 0 aliphatic carbocycles. The molecule has 0 radical (unpaired) electrons. The molecule has 0 saturated heterocycles. The number of carbonyl (C=O) groups is 1. The van der Waals surface area contributed by atoms with Crippen molar-refractivity contribution in [2.24, 2.45) is 0 Å². The predicted octanol–water partition coefficient (Wildman–Crippen LogP) is 5.02. The minimum absolute atomic E-state index is 0.0684. The molecule has 6 heteroatoms. The first-order valence-electron chi connectivity index (χ1n) is 10.5. The lowest BCUT2D eigenvalue weighted by Gasteiger charge is -2.10. The summed E-state index contributed by atoms with van der Waals surface area (Å²) in [5, 5.41) is 17.9. The third-order valence-electron chi connectivity index (χ3n) is 5.31. The van der Waals surface area contributed by atoms with E-state index in [2.05, 4.69) is 6.07 Å². The second-order valence-corrected chi connectivity index (χ2v) is 7.57. The Kier molecular flexibility index (Phi) is 6.57. The van der Waals surface area contributed by atoms with Gasteiger partial charge >= 0.3 is 5.97 Å². The minimum Gasteiger partial charge on any atom is -0.493 e. The fourth-order valence-corrected chi connectivity index (χ4v) is 3.65. The van der Waals surface area contributed by atoms with Crippen LogP contribution >= 0.6 is 0 Å². The number of fused-ring (bicyclic) bond motifs is 1. The summed E-state index contributed by atoms with van der Waals surface area (Å²) in [5.41, 5.74) is 3.68. The van der Waals surface area contributed by atoms with Crippen molar-refractivity contribution in [3.8, 4) is 34.4 Å². The van der Waals surface area contributed by atoms with Gasteiger partial charge in [0.15, 0.2) is 0 Å². The molecular weight excluding hydrogens is 406 g/mol. The summed E-state index contributed by atoms with van der Waals surface area (Å²) in [7, 11) is 0. The highest BCUT2D eigenvalue weighted by atomic mass is 16.5. The topological polar surface area (TPSA) is 88.8 Å². The van der Waals surface area contributed by atoms with Crippen LogP contribution in [0.15, 0.2) is 66.7 Å². The number of carboxylic acids is 1. The van der Waals surface area contributed by atoms with E-state index in [4.69, 9.17) is 24.6 Å². The minimum atomic E-state index is -0.823. The summed E-state index contributed by atoms with van der Waals surface area (Å²) in [6.07, 6.45) is 0.788. The average Bonchev–Trinajstić information content (AvgIpc) is 3.20. The molecule has 0 aromatic heterocycles. The van der Waals surface area contributed by atoms with E-state index in [0.29, 0.717) is 36.9 Å². The van der Waals surface area contributed by atoms with Crippen molar-refractivity contribution in [3.05, 3.63) is 77.9 Å². The number of nitriles is 1. The molecule has 0 amide bonds. The maximum absolute atomic E-state index is 10.9. The van der Waals surface area contributed by atoms with E-state index in [1.807, 2.05) is 54.6 Å². The number of ether oxygens (including phenoxy) is 3. The van der Waals surface area contributed by atoms with Crippen LogP contribution in [-0.4, -0.2) is 30.9 Å². The lowest BCUT2D eigenvalue weighted by molar-refractivity contribution is -0.137. The summed E-state index contributed by atoms with van der Waals surface area (Å²) in [6, 6.07) is 23.0. The van der Waals surface area contributed by atoms with Crippen LogP contribution in [0.5, 0.6) is 17.2 Å². The first-order valence-corrected chi connectivity index (χ1v) is 10.5. The molecule has 1 heterocycles. The van der Waals surface area contributed by atoms with Crippen molar-refractivity contribution in [3.63, 3.8) is 0 Å². The van der Waals surface area contributed by atoms with Crippen molar-refractivity contribution in [2.45, 2.75) is 18.8 Å². The monoisotopic (exact) mass is 429 g/mol. The molecule has 32 heavy (non-hydrogen) atoms. The Morgan fingerprint density at radius 3 is 2.25 bits per heavy atom. The number of carboxylic acid groups (broad SMARTS) is 1. The Morgan fingerprint density at radius 1 is 0.969 bits per heavy atom. The van der Waals surface area contributed by atoms with Crippen LogP contribution in [0.2, 0.25) is 0 Å². The van der Waals surface area contributed by atoms with Gasteiger partial charge in [-0.15, -0.1) is 0 Å². The van der Waals surface area contributed by atoms with E-state index < -0.39 is 5.97 Å². The summed E-state index contributed by atoms with van der Waals surface area (Å²) in [4.78, 5) is 10.9. The van der Waals surface area contributed by atoms with E-state index in [9.17, 15) is 4.79 Å². The van der Waals surface area contributed by atoms with Crippen LogP contribution in [0.3, 0.4) is 0 Å². The predicted molar refractivity (Wildman–Crippen MR) is 119 cm³/mol. The summed E-state index contributed by atoms with van der Waals surface area (Å²) >= 11 is 0. The highest BCUT2D eigenvalue weighted by Gasteiger charge is 2.26. The normalized spacial score (nSPS) is 14.2. The standard InChI is InChI=1S/C26H23NO5/c27-16-18-2-4-19(5-3-18)20-6-8-22(9-7-20)30-12-1-13-31-23-10-11-24-21(14-26(28)29)17-32-25(24)15-23/h2-11,15,21H,1,12-14,17H2,(H,28,29). The highest BCUT2D eigenvalue weighted by molar-refractivity contribution is 5.69. The van der Waals surface area contributed by atoms with E-state index >= 15 is 0 Å². The van der Waals surface area contributed by atoms with Crippen LogP contribution in [0, 0.1) is 11.3 Å². The highest BCUT2D eigenvalue weighted by Crippen LogP contribution is 2.38. The van der Waals surface area contributed by atoms with Crippen LogP contribution < -0.4 is 14.2 Å². The molecule has 0 spiro atoms. The molecule has 3 aromatic carbocycles. The molecule has 1 aliphatic heterocycles. The molecular formula is C26H23NO5. The fraction of sp³-hybridized carbons (Fsp3) is 0.231. The van der Waals surface area contributed by atoms with Gasteiger partial charge in [-0.3, -0.25) is 4.79 Å². The third kappa shape index (κ3) is 5.19. The van der Waals surface area contributed by atoms with Gasteiger partial charge in [0.1, 0.15) is 17.2 Å². The molecule has 6 nitrogen and oxygen atoms in total. The molecule has 4 rings (SSSR count). The molecule has 0 bridgehead atoms. The Hall–Kier alpha value is -3.98. The quantitative estimate of drug-likeness (QED) is 0.480. The number of nitrogens with zero attached hydrogens (tertiary/aromatic N) is 1. The maximum Gasteiger partial charge on any atom is 0.304 e. The largest absolute Gasteiger partial charge is 0.493 e. The van der Waals surface area contributed by atoms with E-state index in [1.165, 1.54) is 0 Å². The number of hydrogen-bond donors (Lipinski definition) is 1. The van der Waals surface area contributed by atoms with Crippen LogP contribution in [0.1, 0.15) is 29.9 Å². The zero-order valence-electron chi connectivity index (χ0n) is 17.5. The number of hydrogen-bond acceptors (Lipinski definition) is 5. The summed E-state index contributed by atoms with van der Waals surface area (Å²) in [5.74, 6) is 1.26. The average molecular weight is 429 g/mol. The Morgan fingerprint density at radius 2 is 1.59 bits per heavy atom. The van der Waals surface area contributed by atoms with Crippen LogP contribution in [0.25, 0.3) is 11.1 Å². The summed E-state index contributed by atoms with van der Waals surface area (Å²) in [6.45, 7) is 1.42. The molecule has 0 saturated carbocycles. The van der Waals surface area contributed by atoms with E-state index in [-0.39, 0.29) is 12.3 Å². The van der Waals surface area contributed by atoms with Crippen molar-refractivity contribution in [1.29, 1.82) is 5.26 Å². The van der Waals surface area contributed by atoms with Crippen molar-refractivity contribution in [1.82, 2.24) is 0 Å². The second-order valence-electron chi connectivity index (χ2n) is 7.57. The molecule has 0 fully saturated rings. The molecule has 1 aliphatic rings. The van der Waals surface area contributed by atoms with E-state index in [1.54, 1.807) is 12.1 Å². The van der Waals surface area contributed by atoms with Gasteiger partial charge in [-0.25, -0.2) is 0 Å². The molecule has 162 valence electrons. The molecule has 3 aromatic rings. The van der Waals surface area contributed by atoms with Crippen LogP contribution in [0.4, 0.5) is 0 Å². The number of rotatable bonds is 9. The van der Waals surface area contributed by atoms with Gasteiger partial charge in [-0.2, -0.15) is 5.26 Å². The van der Waals surface area contributed by atoms with Gasteiger partial charge in [-0.05, 0) is 41.5 Å². The van der Waals surface area contributed by atoms with Crippen molar-refractivity contribution < 1.29 is 24.1 Å².